The highest BCUT2D eigenvalue weighted by molar-refractivity contribution is 6.10. The van der Waals surface area contributed by atoms with Crippen molar-refractivity contribution in [3.05, 3.63) is 65.2 Å². The zero-order chi connectivity index (χ0) is 23.4. The summed E-state index contributed by atoms with van der Waals surface area (Å²) >= 11 is 0. The molecule has 0 aliphatic rings. The lowest BCUT2D eigenvalue weighted by molar-refractivity contribution is 0.0951. The standard InChI is InChI=1S/C25H28N6O2/c1-16(2)18-11-9-17(10-12-18)15-28-31-23(26)21(25(32)27-13-6-14-33-3)22-24(31)30-20-8-5-4-7-19(20)29-22/h4-5,7-12,15-16H,6,13-14,26H2,1-3H3,(H,27,32)/b28-15+. The number of ether oxygens (including phenoxy) is 1. The third-order valence-corrected chi connectivity index (χ3v) is 5.44. The highest BCUT2D eigenvalue weighted by Crippen LogP contribution is 2.28. The van der Waals surface area contributed by atoms with Crippen LogP contribution in [0.1, 0.15) is 47.7 Å². The number of carbonyl (C=O) groups is 1. The van der Waals surface area contributed by atoms with Crippen molar-refractivity contribution in [2.45, 2.75) is 26.2 Å². The van der Waals surface area contributed by atoms with E-state index in [1.807, 2.05) is 36.4 Å². The summed E-state index contributed by atoms with van der Waals surface area (Å²) in [6.45, 7) is 5.33. The van der Waals surface area contributed by atoms with Crippen LogP contribution in [0.3, 0.4) is 0 Å². The van der Waals surface area contributed by atoms with Crippen LogP contribution in [0.25, 0.3) is 22.2 Å². The van der Waals surface area contributed by atoms with Gasteiger partial charge in [-0.2, -0.15) is 9.78 Å². The number of nitrogen functional groups attached to an aromatic ring is 1. The number of hydrogen-bond acceptors (Lipinski definition) is 6. The maximum absolute atomic E-state index is 13.0. The Hall–Kier alpha value is -3.78. The van der Waals surface area contributed by atoms with Crippen molar-refractivity contribution < 1.29 is 9.53 Å². The van der Waals surface area contributed by atoms with E-state index in [1.165, 1.54) is 10.2 Å². The topological polar surface area (TPSA) is 107 Å². The molecule has 1 amide bonds. The van der Waals surface area contributed by atoms with Crippen LogP contribution in [-0.2, 0) is 4.74 Å². The molecule has 4 rings (SSSR count). The Bertz CT molecular complexity index is 1310. The number of amides is 1. The summed E-state index contributed by atoms with van der Waals surface area (Å²) in [5.41, 5.74) is 11.1. The van der Waals surface area contributed by atoms with Gasteiger partial charge in [0.25, 0.3) is 5.91 Å². The zero-order valence-electron chi connectivity index (χ0n) is 19.1. The third-order valence-electron chi connectivity index (χ3n) is 5.44. The Kier molecular flexibility index (Phi) is 6.65. The number of carbonyl (C=O) groups excluding carboxylic acids is 1. The lowest BCUT2D eigenvalue weighted by Crippen LogP contribution is -2.26. The van der Waals surface area contributed by atoms with E-state index in [2.05, 4.69) is 41.4 Å². The number of methoxy groups -OCH3 is 1. The quantitative estimate of drug-likeness (QED) is 0.316. The minimum atomic E-state index is -0.312. The second-order valence-corrected chi connectivity index (χ2v) is 8.12. The fourth-order valence-corrected chi connectivity index (χ4v) is 3.59. The molecule has 33 heavy (non-hydrogen) atoms. The average Bonchev–Trinajstić information content (AvgIpc) is 3.09. The van der Waals surface area contributed by atoms with Crippen LogP contribution in [0.5, 0.6) is 0 Å². The molecule has 0 aliphatic carbocycles. The van der Waals surface area contributed by atoms with Crippen LogP contribution in [0, 0.1) is 0 Å². The van der Waals surface area contributed by atoms with E-state index >= 15 is 0 Å². The number of hydrogen-bond donors (Lipinski definition) is 2. The van der Waals surface area contributed by atoms with Gasteiger partial charge < -0.3 is 15.8 Å². The molecule has 170 valence electrons. The second kappa shape index (κ2) is 9.79. The Labute approximate surface area is 192 Å². The van der Waals surface area contributed by atoms with Crippen molar-refractivity contribution in [2.75, 3.05) is 26.0 Å². The molecular weight excluding hydrogens is 416 g/mol. The first-order valence-electron chi connectivity index (χ1n) is 11.0. The van der Waals surface area contributed by atoms with Gasteiger partial charge >= 0.3 is 0 Å². The Morgan fingerprint density at radius 3 is 2.52 bits per heavy atom. The molecule has 2 aromatic carbocycles. The molecule has 2 heterocycles. The Balaban J connectivity index is 1.77. The molecule has 2 aromatic heterocycles. The monoisotopic (exact) mass is 444 g/mol. The largest absolute Gasteiger partial charge is 0.385 e. The molecule has 4 aromatic rings. The minimum Gasteiger partial charge on any atom is -0.385 e. The number of para-hydroxylation sites is 2. The lowest BCUT2D eigenvalue weighted by Gasteiger charge is -2.05. The maximum Gasteiger partial charge on any atom is 0.257 e. The van der Waals surface area contributed by atoms with Crippen LogP contribution in [-0.4, -0.2) is 47.0 Å². The molecule has 8 nitrogen and oxygen atoms in total. The minimum absolute atomic E-state index is 0.194. The number of rotatable bonds is 8. The number of aromatic nitrogens is 3. The van der Waals surface area contributed by atoms with Gasteiger partial charge in [-0.1, -0.05) is 50.2 Å². The van der Waals surface area contributed by atoms with Crippen LogP contribution < -0.4 is 11.1 Å². The SMILES string of the molecule is COCCCNC(=O)c1c(N)n(/N=C/c2ccc(C(C)C)cc2)c2nc3ccccc3nc12. The lowest BCUT2D eigenvalue weighted by atomic mass is 10.0. The molecule has 8 heteroatoms. The molecule has 0 bridgehead atoms. The van der Waals surface area contributed by atoms with E-state index in [-0.39, 0.29) is 17.3 Å². The summed E-state index contributed by atoms with van der Waals surface area (Å²) in [5.74, 6) is 0.335. The van der Waals surface area contributed by atoms with Crippen molar-refractivity contribution in [1.29, 1.82) is 0 Å². The number of nitrogens with one attached hydrogen (secondary N) is 1. The average molecular weight is 445 g/mol. The Morgan fingerprint density at radius 1 is 1.15 bits per heavy atom. The van der Waals surface area contributed by atoms with Gasteiger partial charge in [-0.05, 0) is 35.6 Å². The van der Waals surface area contributed by atoms with E-state index in [4.69, 9.17) is 15.5 Å². The van der Waals surface area contributed by atoms with Crippen LogP contribution in [0.4, 0.5) is 5.82 Å². The summed E-state index contributed by atoms with van der Waals surface area (Å²) < 4.78 is 6.53. The van der Waals surface area contributed by atoms with Crippen molar-refractivity contribution >= 4 is 40.1 Å². The first-order chi connectivity index (χ1) is 16.0. The van der Waals surface area contributed by atoms with E-state index in [1.54, 1.807) is 13.3 Å². The number of benzene rings is 2. The van der Waals surface area contributed by atoms with Gasteiger partial charge in [0, 0.05) is 20.3 Å². The van der Waals surface area contributed by atoms with Gasteiger partial charge in [0.2, 0.25) is 0 Å². The molecule has 3 N–H and O–H groups in total. The molecule has 0 fully saturated rings. The molecule has 0 atom stereocenters. The normalized spacial score (nSPS) is 11.8. The molecule has 0 spiro atoms. The second-order valence-electron chi connectivity index (χ2n) is 8.12. The van der Waals surface area contributed by atoms with Gasteiger partial charge in [0.15, 0.2) is 5.65 Å². The summed E-state index contributed by atoms with van der Waals surface area (Å²) in [5, 5.41) is 7.45. The Morgan fingerprint density at radius 2 is 1.85 bits per heavy atom. The first kappa shape index (κ1) is 22.4. The van der Waals surface area contributed by atoms with Crippen molar-refractivity contribution in [2.24, 2.45) is 5.10 Å². The molecule has 0 radical (unpaired) electrons. The fourth-order valence-electron chi connectivity index (χ4n) is 3.59. The van der Waals surface area contributed by atoms with Gasteiger partial charge in [0.05, 0.1) is 17.2 Å². The van der Waals surface area contributed by atoms with Gasteiger partial charge in [-0.15, -0.1) is 0 Å². The van der Waals surface area contributed by atoms with Gasteiger partial charge in [0.1, 0.15) is 16.9 Å². The number of nitrogens with zero attached hydrogens (tertiary/aromatic N) is 4. The van der Waals surface area contributed by atoms with E-state index in [9.17, 15) is 4.79 Å². The molecule has 0 aliphatic heterocycles. The highest BCUT2D eigenvalue weighted by Gasteiger charge is 2.23. The molecular formula is C25H28N6O2. The summed E-state index contributed by atoms with van der Waals surface area (Å²) in [6, 6.07) is 15.7. The van der Waals surface area contributed by atoms with Crippen LogP contribution in [0.2, 0.25) is 0 Å². The molecule has 0 saturated carbocycles. The number of nitrogens with two attached hydrogens (primary N) is 1. The van der Waals surface area contributed by atoms with Crippen LogP contribution in [0.15, 0.2) is 53.6 Å². The number of fused-ring (bicyclic) bond motifs is 2. The maximum atomic E-state index is 13.0. The zero-order valence-corrected chi connectivity index (χ0v) is 19.1. The van der Waals surface area contributed by atoms with E-state index in [0.717, 1.165) is 5.56 Å². The summed E-state index contributed by atoms with van der Waals surface area (Å²) in [6.07, 6.45) is 2.40. The van der Waals surface area contributed by atoms with Gasteiger partial charge in [-0.25, -0.2) is 9.97 Å². The third kappa shape index (κ3) is 4.70. The molecule has 0 saturated heterocycles. The number of anilines is 1. The van der Waals surface area contributed by atoms with Crippen LogP contribution >= 0.6 is 0 Å². The molecule has 0 unspecified atom stereocenters. The fraction of sp³-hybridized carbons (Fsp3) is 0.280. The summed E-state index contributed by atoms with van der Waals surface area (Å²) in [4.78, 5) is 22.4. The predicted molar refractivity (Wildman–Crippen MR) is 132 cm³/mol. The summed E-state index contributed by atoms with van der Waals surface area (Å²) in [7, 11) is 1.63. The van der Waals surface area contributed by atoms with E-state index < -0.39 is 0 Å². The van der Waals surface area contributed by atoms with Crippen molar-refractivity contribution in [3.63, 3.8) is 0 Å². The first-order valence-corrected chi connectivity index (χ1v) is 11.0. The van der Waals surface area contributed by atoms with Crippen molar-refractivity contribution in [1.82, 2.24) is 20.0 Å². The predicted octanol–water partition coefficient (Wildman–Crippen LogP) is 3.94. The van der Waals surface area contributed by atoms with Gasteiger partial charge in [-0.3, -0.25) is 4.79 Å². The van der Waals surface area contributed by atoms with E-state index in [0.29, 0.717) is 47.7 Å². The smallest absolute Gasteiger partial charge is 0.257 e. The highest BCUT2D eigenvalue weighted by atomic mass is 16.5. The van der Waals surface area contributed by atoms with Crippen molar-refractivity contribution in [3.8, 4) is 0 Å².